The molecule has 1 atom stereocenters. The van der Waals surface area contributed by atoms with Gasteiger partial charge in [0.1, 0.15) is 11.8 Å². The van der Waals surface area contributed by atoms with E-state index in [2.05, 4.69) is 10.1 Å². The second-order valence-corrected chi connectivity index (χ2v) is 5.97. The molecular weight excluding hydrogens is 325 g/mol. The lowest BCUT2D eigenvalue weighted by atomic mass is 10.1. The lowest BCUT2D eigenvalue weighted by Gasteiger charge is -2.16. The van der Waals surface area contributed by atoms with Crippen molar-refractivity contribution < 1.29 is 18.4 Å². The van der Waals surface area contributed by atoms with Crippen molar-refractivity contribution in [2.75, 3.05) is 13.1 Å². The molecule has 0 N–H and O–H groups in total. The second-order valence-electron chi connectivity index (χ2n) is 5.97. The van der Waals surface area contributed by atoms with Gasteiger partial charge in [0.05, 0.1) is 13.0 Å². The molecule has 7 heteroatoms. The van der Waals surface area contributed by atoms with Crippen molar-refractivity contribution in [3.8, 4) is 5.88 Å². The number of hydrogen-bond acceptors (Lipinski definition) is 5. The Morgan fingerprint density at radius 3 is 3.04 bits per heavy atom. The van der Waals surface area contributed by atoms with E-state index in [0.29, 0.717) is 30.8 Å². The molecule has 1 aliphatic heterocycles. The largest absolute Gasteiger partial charge is 0.472 e. The number of likely N-dealkylation sites (tertiary alicyclic amines) is 1. The number of para-hydroxylation sites is 1. The maximum absolute atomic E-state index is 13.1. The van der Waals surface area contributed by atoms with E-state index in [-0.39, 0.29) is 24.3 Å². The third-order valence-corrected chi connectivity index (χ3v) is 4.25. The minimum atomic E-state index is -0.582. The van der Waals surface area contributed by atoms with E-state index >= 15 is 0 Å². The summed E-state index contributed by atoms with van der Waals surface area (Å²) in [6, 6.07) is 11.9. The molecule has 25 heavy (non-hydrogen) atoms. The molecule has 2 aromatic heterocycles. The van der Waals surface area contributed by atoms with Crippen LogP contribution in [0.1, 0.15) is 12.1 Å². The van der Waals surface area contributed by atoms with Crippen molar-refractivity contribution in [1.82, 2.24) is 15.0 Å². The first-order valence-corrected chi connectivity index (χ1v) is 8.09. The van der Waals surface area contributed by atoms with Crippen LogP contribution in [-0.4, -0.2) is 40.1 Å². The van der Waals surface area contributed by atoms with E-state index in [1.165, 1.54) is 6.07 Å². The van der Waals surface area contributed by atoms with E-state index in [9.17, 15) is 9.18 Å². The molecule has 1 unspecified atom stereocenters. The Morgan fingerprint density at radius 1 is 1.28 bits per heavy atom. The summed E-state index contributed by atoms with van der Waals surface area (Å²) < 4.78 is 24.0. The summed E-state index contributed by atoms with van der Waals surface area (Å²) in [5, 5.41) is 4.85. The molecule has 0 spiro atoms. The fourth-order valence-electron chi connectivity index (χ4n) is 3.00. The van der Waals surface area contributed by atoms with Crippen LogP contribution in [0.3, 0.4) is 0 Å². The van der Waals surface area contributed by atoms with Crippen LogP contribution in [0.15, 0.2) is 47.0 Å². The van der Waals surface area contributed by atoms with Gasteiger partial charge in [-0.3, -0.25) is 4.79 Å². The monoisotopic (exact) mass is 341 g/mol. The van der Waals surface area contributed by atoms with Crippen molar-refractivity contribution >= 4 is 16.9 Å². The zero-order chi connectivity index (χ0) is 17.2. The minimum absolute atomic E-state index is 0.0302. The van der Waals surface area contributed by atoms with Crippen molar-refractivity contribution in [3.63, 3.8) is 0 Å². The molecule has 3 aromatic rings. The predicted octanol–water partition coefficient (Wildman–Crippen LogP) is 2.58. The Bertz CT molecular complexity index is 911. The Kier molecular flexibility index (Phi) is 4.05. The van der Waals surface area contributed by atoms with Crippen molar-refractivity contribution in [2.45, 2.75) is 18.9 Å². The normalized spacial score (nSPS) is 17.2. The third-order valence-electron chi connectivity index (χ3n) is 4.25. The Hall–Kier alpha value is -2.96. The van der Waals surface area contributed by atoms with Crippen LogP contribution < -0.4 is 4.74 Å². The van der Waals surface area contributed by atoms with E-state index < -0.39 is 5.95 Å². The molecule has 0 radical (unpaired) electrons. The van der Waals surface area contributed by atoms with E-state index in [1.54, 1.807) is 17.0 Å². The SMILES string of the molecule is O=C(Cc1noc2ccccc12)N1CCC(Oc2cccc(F)n2)C1. The second kappa shape index (κ2) is 6.51. The Labute approximate surface area is 143 Å². The maximum atomic E-state index is 13.1. The highest BCUT2D eigenvalue weighted by molar-refractivity contribution is 5.86. The van der Waals surface area contributed by atoms with Crippen LogP contribution in [0.25, 0.3) is 11.0 Å². The van der Waals surface area contributed by atoms with Crippen molar-refractivity contribution in [2.24, 2.45) is 0 Å². The molecule has 3 heterocycles. The molecular formula is C18H16FN3O3. The molecule has 1 aromatic carbocycles. The topological polar surface area (TPSA) is 68.5 Å². The number of benzene rings is 1. The first kappa shape index (κ1) is 15.6. The molecule has 0 bridgehead atoms. The van der Waals surface area contributed by atoms with E-state index in [1.807, 2.05) is 24.3 Å². The lowest BCUT2D eigenvalue weighted by molar-refractivity contribution is -0.129. The summed E-state index contributed by atoms with van der Waals surface area (Å²) >= 11 is 0. The van der Waals surface area contributed by atoms with Gasteiger partial charge >= 0.3 is 0 Å². The number of carbonyl (C=O) groups is 1. The van der Waals surface area contributed by atoms with Crippen LogP contribution in [0.4, 0.5) is 4.39 Å². The van der Waals surface area contributed by atoms with Crippen LogP contribution in [-0.2, 0) is 11.2 Å². The summed E-state index contributed by atoms with van der Waals surface area (Å²) in [7, 11) is 0. The number of hydrogen-bond donors (Lipinski definition) is 0. The highest BCUT2D eigenvalue weighted by Gasteiger charge is 2.28. The number of ether oxygens (including phenoxy) is 1. The molecule has 0 aliphatic carbocycles. The molecule has 1 fully saturated rings. The van der Waals surface area contributed by atoms with Gasteiger partial charge in [-0.1, -0.05) is 23.4 Å². The Balaban J connectivity index is 1.39. The maximum Gasteiger partial charge on any atom is 0.228 e. The zero-order valence-electron chi connectivity index (χ0n) is 13.4. The number of fused-ring (bicyclic) bond motifs is 1. The van der Waals surface area contributed by atoms with Gasteiger partial charge in [-0.15, -0.1) is 0 Å². The number of halogens is 1. The number of amides is 1. The first-order chi connectivity index (χ1) is 12.2. The van der Waals surface area contributed by atoms with Gasteiger partial charge in [-0.2, -0.15) is 9.37 Å². The summed E-state index contributed by atoms with van der Waals surface area (Å²) in [6.07, 6.45) is 0.679. The van der Waals surface area contributed by atoms with Gasteiger partial charge in [0, 0.05) is 24.4 Å². The van der Waals surface area contributed by atoms with Crippen LogP contribution in [0, 0.1) is 5.95 Å². The quantitative estimate of drug-likeness (QED) is 0.682. The zero-order valence-corrected chi connectivity index (χ0v) is 13.4. The molecule has 6 nitrogen and oxygen atoms in total. The number of carbonyl (C=O) groups excluding carboxylic acids is 1. The van der Waals surface area contributed by atoms with Gasteiger partial charge < -0.3 is 14.2 Å². The average Bonchev–Trinajstić information content (AvgIpc) is 3.23. The van der Waals surface area contributed by atoms with Crippen molar-refractivity contribution in [3.05, 3.63) is 54.1 Å². The van der Waals surface area contributed by atoms with E-state index in [4.69, 9.17) is 9.26 Å². The highest BCUT2D eigenvalue weighted by atomic mass is 19.1. The number of pyridine rings is 1. The van der Waals surface area contributed by atoms with Gasteiger partial charge in [-0.05, 0) is 18.2 Å². The van der Waals surface area contributed by atoms with Gasteiger partial charge in [0.25, 0.3) is 0 Å². The summed E-state index contributed by atoms with van der Waals surface area (Å²) in [5.41, 5.74) is 1.31. The first-order valence-electron chi connectivity index (χ1n) is 8.09. The van der Waals surface area contributed by atoms with Crippen molar-refractivity contribution in [1.29, 1.82) is 0 Å². The lowest BCUT2D eigenvalue weighted by Crippen LogP contribution is -2.32. The molecule has 1 amide bonds. The van der Waals surface area contributed by atoms with Crippen LogP contribution >= 0.6 is 0 Å². The summed E-state index contributed by atoms with van der Waals surface area (Å²) in [4.78, 5) is 17.9. The highest BCUT2D eigenvalue weighted by Crippen LogP contribution is 2.21. The number of aromatic nitrogens is 2. The molecule has 4 rings (SSSR count). The molecule has 128 valence electrons. The average molecular weight is 341 g/mol. The molecule has 1 saturated heterocycles. The third kappa shape index (κ3) is 3.31. The minimum Gasteiger partial charge on any atom is -0.472 e. The molecule has 0 saturated carbocycles. The summed E-state index contributed by atoms with van der Waals surface area (Å²) in [6.45, 7) is 1.04. The fraction of sp³-hybridized carbons (Fsp3) is 0.278. The standard InChI is InChI=1S/C18H16FN3O3/c19-16-6-3-7-17(20-16)24-12-8-9-22(11-12)18(23)10-14-13-4-1-2-5-15(13)25-21-14/h1-7,12H,8-11H2. The number of nitrogens with zero attached hydrogens (tertiary/aromatic N) is 3. The van der Waals surface area contributed by atoms with Crippen LogP contribution in [0.2, 0.25) is 0 Å². The molecule has 1 aliphatic rings. The Morgan fingerprint density at radius 2 is 2.16 bits per heavy atom. The van der Waals surface area contributed by atoms with Gasteiger partial charge in [0.15, 0.2) is 5.58 Å². The van der Waals surface area contributed by atoms with Crippen LogP contribution in [0.5, 0.6) is 5.88 Å². The van der Waals surface area contributed by atoms with E-state index in [0.717, 1.165) is 5.39 Å². The number of rotatable bonds is 4. The summed E-state index contributed by atoms with van der Waals surface area (Å²) in [5.74, 6) is -0.375. The smallest absolute Gasteiger partial charge is 0.228 e. The van der Waals surface area contributed by atoms with Gasteiger partial charge in [0.2, 0.25) is 17.7 Å². The van der Waals surface area contributed by atoms with Gasteiger partial charge in [-0.25, -0.2) is 0 Å². The predicted molar refractivity (Wildman–Crippen MR) is 87.5 cm³/mol. The fourth-order valence-corrected chi connectivity index (χ4v) is 3.00.